The molecule has 1 aliphatic rings. The van der Waals surface area contributed by atoms with Crippen molar-refractivity contribution >= 4 is 5.57 Å². The molecule has 1 aliphatic carbocycles. The molecule has 0 spiro atoms. The van der Waals surface area contributed by atoms with E-state index in [0.29, 0.717) is 5.92 Å². The number of fused-ring (bicyclic) bond motifs is 1. The van der Waals surface area contributed by atoms with Crippen molar-refractivity contribution in [3.63, 3.8) is 0 Å². The third-order valence-electron chi connectivity index (χ3n) is 2.38. The summed E-state index contributed by atoms with van der Waals surface area (Å²) in [4.78, 5) is 0. The second kappa shape index (κ2) is 2.23. The first-order chi connectivity index (χ1) is 5.29. The van der Waals surface area contributed by atoms with E-state index in [1.165, 1.54) is 16.7 Å². The Balaban J connectivity index is 2.62. The quantitative estimate of drug-likeness (QED) is 0.524. The summed E-state index contributed by atoms with van der Waals surface area (Å²) in [6.07, 6.45) is 2.32. The lowest BCUT2D eigenvalue weighted by Crippen LogP contribution is -1.85. The van der Waals surface area contributed by atoms with Crippen LogP contribution in [0.5, 0.6) is 0 Å². The Labute approximate surface area is 67.6 Å². The highest BCUT2D eigenvalue weighted by atomic mass is 14.2. The zero-order valence-electron chi connectivity index (χ0n) is 6.96. The van der Waals surface area contributed by atoms with Gasteiger partial charge in [0.2, 0.25) is 0 Å². The van der Waals surface area contributed by atoms with Crippen LogP contribution in [0.1, 0.15) is 30.9 Å². The molecule has 0 saturated heterocycles. The molecule has 0 fully saturated rings. The van der Waals surface area contributed by atoms with Gasteiger partial charge in [0.05, 0.1) is 0 Å². The van der Waals surface area contributed by atoms with Gasteiger partial charge >= 0.3 is 0 Å². The number of benzene rings is 1. The van der Waals surface area contributed by atoms with E-state index in [9.17, 15) is 0 Å². The molecule has 1 unspecified atom stereocenters. The topological polar surface area (TPSA) is 0 Å². The van der Waals surface area contributed by atoms with Crippen molar-refractivity contribution in [3.8, 4) is 0 Å². The lowest BCUT2D eigenvalue weighted by atomic mass is 10.0. The maximum Gasteiger partial charge on any atom is 0.000152 e. The van der Waals surface area contributed by atoms with Crippen LogP contribution < -0.4 is 0 Å². The van der Waals surface area contributed by atoms with Gasteiger partial charge in [-0.1, -0.05) is 37.3 Å². The van der Waals surface area contributed by atoms with E-state index in [0.717, 1.165) is 0 Å². The van der Waals surface area contributed by atoms with Crippen LogP contribution in [0.3, 0.4) is 0 Å². The average molecular weight is 144 g/mol. The first-order valence-corrected chi connectivity index (χ1v) is 4.07. The van der Waals surface area contributed by atoms with Crippen LogP contribution in [0.15, 0.2) is 30.3 Å². The van der Waals surface area contributed by atoms with Crippen molar-refractivity contribution in [2.24, 2.45) is 0 Å². The molecule has 0 heteroatoms. The van der Waals surface area contributed by atoms with E-state index in [1.54, 1.807) is 0 Å². The molecule has 2 rings (SSSR count). The van der Waals surface area contributed by atoms with E-state index in [2.05, 4.69) is 44.2 Å². The van der Waals surface area contributed by atoms with Gasteiger partial charge in [-0.3, -0.25) is 0 Å². The highest BCUT2D eigenvalue weighted by molar-refractivity contribution is 5.72. The summed E-state index contributed by atoms with van der Waals surface area (Å²) in [5.74, 6) is 0.617. The minimum Gasteiger partial charge on any atom is -0.0737 e. The number of rotatable bonds is 0. The normalized spacial score (nSPS) is 21.3. The van der Waals surface area contributed by atoms with Gasteiger partial charge in [-0.25, -0.2) is 0 Å². The fourth-order valence-corrected chi connectivity index (χ4v) is 1.81. The summed E-state index contributed by atoms with van der Waals surface area (Å²) in [6, 6.07) is 8.63. The lowest BCUT2D eigenvalue weighted by molar-refractivity contribution is 0.990. The Morgan fingerprint density at radius 3 is 2.64 bits per heavy atom. The molecule has 0 nitrogen and oxygen atoms in total. The second-order valence-corrected chi connectivity index (χ2v) is 3.23. The van der Waals surface area contributed by atoms with E-state index in [1.807, 2.05) is 0 Å². The summed E-state index contributed by atoms with van der Waals surface area (Å²) in [5.41, 5.74) is 4.33. The Morgan fingerprint density at radius 2 is 1.91 bits per heavy atom. The third kappa shape index (κ3) is 0.900. The molecule has 1 aromatic carbocycles. The molecule has 0 amide bonds. The number of hydrogen-bond donors (Lipinski definition) is 0. The molecular formula is C11H12. The lowest BCUT2D eigenvalue weighted by Gasteiger charge is -2.02. The molecule has 0 aromatic heterocycles. The Hall–Kier alpha value is -1.04. The maximum absolute atomic E-state index is 2.32. The molecule has 56 valence electrons. The van der Waals surface area contributed by atoms with Crippen molar-refractivity contribution < 1.29 is 0 Å². The van der Waals surface area contributed by atoms with Crippen molar-refractivity contribution in [3.05, 3.63) is 41.5 Å². The SMILES string of the molecule is CC1=CC(C)c2ccccc21. The van der Waals surface area contributed by atoms with Crippen LogP contribution in [0.4, 0.5) is 0 Å². The fourth-order valence-electron chi connectivity index (χ4n) is 1.81. The minimum absolute atomic E-state index is 0.617. The summed E-state index contributed by atoms with van der Waals surface area (Å²) >= 11 is 0. The van der Waals surface area contributed by atoms with Crippen LogP contribution in [-0.4, -0.2) is 0 Å². The van der Waals surface area contributed by atoms with Crippen LogP contribution in [0.25, 0.3) is 5.57 Å². The van der Waals surface area contributed by atoms with Gasteiger partial charge in [-0.05, 0) is 23.6 Å². The minimum atomic E-state index is 0.617. The standard InChI is InChI=1S/C11H12/c1-8-7-9(2)11-6-4-3-5-10(8)11/h3-8H,1-2H3. The van der Waals surface area contributed by atoms with E-state index >= 15 is 0 Å². The molecule has 1 aromatic rings. The summed E-state index contributed by atoms with van der Waals surface area (Å²) in [6.45, 7) is 4.43. The van der Waals surface area contributed by atoms with Gasteiger partial charge in [0.1, 0.15) is 0 Å². The maximum atomic E-state index is 2.32. The van der Waals surface area contributed by atoms with Crippen LogP contribution >= 0.6 is 0 Å². The third-order valence-corrected chi connectivity index (χ3v) is 2.38. The summed E-state index contributed by atoms with van der Waals surface area (Å²) in [5, 5.41) is 0. The van der Waals surface area contributed by atoms with Gasteiger partial charge in [0, 0.05) is 5.92 Å². The van der Waals surface area contributed by atoms with Crippen molar-refractivity contribution in [1.29, 1.82) is 0 Å². The fraction of sp³-hybridized carbons (Fsp3) is 0.273. The van der Waals surface area contributed by atoms with E-state index in [-0.39, 0.29) is 0 Å². The zero-order chi connectivity index (χ0) is 7.84. The van der Waals surface area contributed by atoms with Gasteiger partial charge < -0.3 is 0 Å². The van der Waals surface area contributed by atoms with Crippen LogP contribution in [0, 0.1) is 0 Å². The van der Waals surface area contributed by atoms with Gasteiger partial charge in [-0.2, -0.15) is 0 Å². The van der Waals surface area contributed by atoms with Crippen molar-refractivity contribution in [2.75, 3.05) is 0 Å². The first-order valence-electron chi connectivity index (χ1n) is 4.07. The Kier molecular flexibility index (Phi) is 1.35. The molecule has 0 saturated carbocycles. The van der Waals surface area contributed by atoms with Gasteiger partial charge in [0.15, 0.2) is 0 Å². The summed E-state index contributed by atoms with van der Waals surface area (Å²) < 4.78 is 0. The van der Waals surface area contributed by atoms with Gasteiger partial charge in [0.25, 0.3) is 0 Å². The molecule has 11 heavy (non-hydrogen) atoms. The van der Waals surface area contributed by atoms with Crippen molar-refractivity contribution in [2.45, 2.75) is 19.8 Å². The van der Waals surface area contributed by atoms with Crippen LogP contribution in [0.2, 0.25) is 0 Å². The largest absolute Gasteiger partial charge is 0.0737 e. The molecule has 0 radical (unpaired) electrons. The highest BCUT2D eigenvalue weighted by Gasteiger charge is 2.15. The highest BCUT2D eigenvalue weighted by Crippen LogP contribution is 2.34. The second-order valence-electron chi connectivity index (χ2n) is 3.23. The smallest absolute Gasteiger partial charge is 0.000152 e. The Morgan fingerprint density at radius 1 is 1.18 bits per heavy atom. The first kappa shape index (κ1) is 6.66. The van der Waals surface area contributed by atoms with Crippen molar-refractivity contribution in [1.82, 2.24) is 0 Å². The molecular weight excluding hydrogens is 132 g/mol. The molecule has 0 heterocycles. The van der Waals surface area contributed by atoms with Crippen LogP contribution in [-0.2, 0) is 0 Å². The average Bonchev–Trinajstić information content (AvgIpc) is 2.30. The molecule has 1 atom stereocenters. The zero-order valence-corrected chi connectivity index (χ0v) is 6.96. The predicted molar refractivity (Wildman–Crippen MR) is 48.5 cm³/mol. The molecule has 0 aliphatic heterocycles. The monoisotopic (exact) mass is 144 g/mol. The predicted octanol–water partition coefficient (Wildman–Crippen LogP) is 3.21. The Bertz CT molecular complexity index is 308. The van der Waals surface area contributed by atoms with Gasteiger partial charge in [-0.15, -0.1) is 0 Å². The number of hydrogen-bond acceptors (Lipinski definition) is 0. The van der Waals surface area contributed by atoms with E-state index < -0.39 is 0 Å². The molecule has 0 bridgehead atoms. The number of allylic oxidation sites excluding steroid dienone is 2. The molecule has 0 N–H and O–H groups in total. The summed E-state index contributed by atoms with van der Waals surface area (Å²) in [7, 11) is 0. The van der Waals surface area contributed by atoms with E-state index in [4.69, 9.17) is 0 Å².